The fraction of sp³-hybridized carbons (Fsp3) is 0.636. The van der Waals surface area contributed by atoms with Gasteiger partial charge in [0.25, 0.3) is 5.56 Å². The molecule has 0 radical (unpaired) electrons. The molecule has 0 spiro atoms. The lowest BCUT2D eigenvalue weighted by Crippen LogP contribution is -2.39. The zero-order valence-corrected chi connectivity index (χ0v) is 9.36. The van der Waals surface area contributed by atoms with Crippen molar-refractivity contribution < 1.29 is 9.47 Å². The molecule has 2 rings (SSSR count). The second-order valence-corrected chi connectivity index (χ2v) is 3.82. The normalized spacial score (nSPS) is 19.6. The van der Waals surface area contributed by atoms with Crippen molar-refractivity contribution in [2.24, 2.45) is 0 Å². The van der Waals surface area contributed by atoms with Crippen LogP contribution in [0.4, 0.5) is 0 Å². The van der Waals surface area contributed by atoms with Crippen LogP contribution in [0.2, 0.25) is 0 Å². The van der Waals surface area contributed by atoms with Crippen LogP contribution in [-0.2, 0) is 15.1 Å². The van der Waals surface area contributed by atoms with Gasteiger partial charge in [-0.2, -0.15) is 0 Å². The summed E-state index contributed by atoms with van der Waals surface area (Å²) >= 11 is 0. The van der Waals surface area contributed by atoms with Crippen LogP contribution in [0.1, 0.15) is 25.6 Å². The van der Waals surface area contributed by atoms with Gasteiger partial charge in [-0.15, -0.1) is 0 Å². The molecule has 1 aliphatic rings. The van der Waals surface area contributed by atoms with Crippen molar-refractivity contribution >= 4 is 0 Å². The molecule has 0 amide bonds. The second kappa shape index (κ2) is 4.76. The maximum absolute atomic E-state index is 11.3. The lowest BCUT2D eigenvalue weighted by Gasteiger charge is -2.35. The average Bonchev–Trinajstić information content (AvgIpc) is 2.31. The zero-order valence-electron chi connectivity index (χ0n) is 9.36. The summed E-state index contributed by atoms with van der Waals surface area (Å²) in [5, 5.41) is 0. The van der Waals surface area contributed by atoms with E-state index in [9.17, 15) is 4.79 Å². The number of aromatic nitrogens is 2. The molecule has 16 heavy (non-hydrogen) atoms. The Hall–Kier alpha value is -1.20. The molecule has 1 aliphatic heterocycles. The highest BCUT2D eigenvalue weighted by Crippen LogP contribution is 2.33. The van der Waals surface area contributed by atoms with Crippen LogP contribution in [-0.4, -0.2) is 29.8 Å². The van der Waals surface area contributed by atoms with Gasteiger partial charge < -0.3 is 14.5 Å². The van der Waals surface area contributed by atoms with E-state index in [4.69, 9.17) is 9.47 Å². The Morgan fingerprint density at radius 3 is 2.94 bits per heavy atom. The van der Waals surface area contributed by atoms with E-state index < -0.39 is 5.60 Å². The van der Waals surface area contributed by atoms with E-state index in [1.165, 1.54) is 12.3 Å². The van der Waals surface area contributed by atoms with Gasteiger partial charge in [-0.25, -0.2) is 4.98 Å². The minimum Gasteiger partial charge on any atom is -0.381 e. The molecule has 0 unspecified atom stereocenters. The largest absolute Gasteiger partial charge is 0.381 e. The number of hydrogen-bond acceptors (Lipinski definition) is 4. The van der Waals surface area contributed by atoms with Gasteiger partial charge >= 0.3 is 0 Å². The molecule has 0 bridgehead atoms. The first-order valence-corrected chi connectivity index (χ1v) is 5.54. The van der Waals surface area contributed by atoms with Crippen molar-refractivity contribution in [3.63, 3.8) is 0 Å². The molecule has 1 aromatic rings. The van der Waals surface area contributed by atoms with E-state index in [0.29, 0.717) is 25.6 Å². The third-order valence-electron chi connectivity index (χ3n) is 2.82. The molecule has 5 nitrogen and oxygen atoms in total. The Kier molecular flexibility index (Phi) is 3.36. The maximum Gasteiger partial charge on any atom is 0.250 e. The molecular formula is C11H16N2O3. The summed E-state index contributed by atoms with van der Waals surface area (Å²) in [6, 6.07) is 1.41. The smallest absolute Gasteiger partial charge is 0.250 e. The number of ether oxygens (including phenoxy) is 2. The molecule has 0 aliphatic carbocycles. The molecule has 1 saturated heterocycles. The highest BCUT2D eigenvalue weighted by atomic mass is 16.5. The summed E-state index contributed by atoms with van der Waals surface area (Å²) in [6.07, 6.45) is 2.98. The Morgan fingerprint density at radius 2 is 2.31 bits per heavy atom. The summed E-state index contributed by atoms with van der Waals surface area (Å²) in [6.45, 7) is 3.81. The summed E-state index contributed by atoms with van der Waals surface area (Å²) in [5.41, 5.74) is -0.622. The van der Waals surface area contributed by atoms with Crippen LogP contribution in [0.5, 0.6) is 0 Å². The number of rotatable bonds is 3. The monoisotopic (exact) mass is 224 g/mol. The van der Waals surface area contributed by atoms with E-state index in [0.717, 1.165) is 12.8 Å². The molecule has 1 aromatic heterocycles. The SMILES string of the molecule is CCOC1(c2nccc(=O)[nH]2)CCOCC1. The summed E-state index contributed by atoms with van der Waals surface area (Å²) < 4.78 is 11.1. The van der Waals surface area contributed by atoms with Gasteiger partial charge in [-0.05, 0) is 6.92 Å². The molecule has 1 fully saturated rings. The van der Waals surface area contributed by atoms with Gasteiger partial charge in [-0.3, -0.25) is 4.79 Å². The number of H-pyrrole nitrogens is 1. The van der Waals surface area contributed by atoms with Gasteiger partial charge in [0.15, 0.2) is 0 Å². The Morgan fingerprint density at radius 1 is 1.56 bits per heavy atom. The van der Waals surface area contributed by atoms with Crippen molar-refractivity contribution in [1.29, 1.82) is 0 Å². The molecular weight excluding hydrogens is 208 g/mol. The third kappa shape index (κ3) is 2.15. The number of nitrogens with zero attached hydrogens (tertiary/aromatic N) is 1. The van der Waals surface area contributed by atoms with Crippen LogP contribution >= 0.6 is 0 Å². The Bertz CT molecular complexity index is 391. The molecule has 88 valence electrons. The first-order chi connectivity index (χ1) is 7.77. The lowest BCUT2D eigenvalue weighted by atomic mass is 9.93. The second-order valence-electron chi connectivity index (χ2n) is 3.82. The van der Waals surface area contributed by atoms with Crippen molar-refractivity contribution in [2.75, 3.05) is 19.8 Å². The topological polar surface area (TPSA) is 64.2 Å². The maximum atomic E-state index is 11.3. The van der Waals surface area contributed by atoms with Crippen LogP contribution < -0.4 is 5.56 Å². The van der Waals surface area contributed by atoms with Gasteiger partial charge in [0.1, 0.15) is 11.4 Å². The molecule has 1 N–H and O–H groups in total. The summed E-state index contributed by atoms with van der Waals surface area (Å²) in [4.78, 5) is 18.3. The fourth-order valence-electron chi connectivity index (χ4n) is 2.03. The van der Waals surface area contributed by atoms with Gasteiger partial charge in [-0.1, -0.05) is 0 Å². The standard InChI is InChI=1S/C11H16N2O3/c1-2-16-11(4-7-15-8-5-11)10-12-6-3-9(14)13-10/h3,6H,2,4-5,7-8H2,1H3,(H,12,13,14). The number of hydrogen-bond donors (Lipinski definition) is 1. The third-order valence-corrected chi connectivity index (χ3v) is 2.82. The highest BCUT2D eigenvalue weighted by Gasteiger charge is 2.37. The molecule has 0 aromatic carbocycles. The highest BCUT2D eigenvalue weighted by molar-refractivity contribution is 5.04. The van der Waals surface area contributed by atoms with Crippen molar-refractivity contribution in [3.05, 3.63) is 28.4 Å². The van der Waals surface area contributed by atoms with Crippen LogP contribution in [0.3, 0.4) is 0 Å². The zero-order chi connectivity index (χ0) is 11.4. The fourth-order valence-corrected chi connectivity index (χ4v) is 2.03. The van der Waals surface area contributed by atoms with Crippen LogP contribution in [0, 0.1) is 0 Å². The number of nitrogens with one attached hydrogen (secondary N) is 1. The molecule has 2 heterocycles. The predicted molar refractivity (Wildman–Crippen MR) is 58.2 cm³/mol. The van der Waals surface area contributed by atoms with E-state index in [1.54, 1.807) is 0 Å². The van der Waals surface area contributed by atoms with Gasteiger partial charge in [0, 0.05) is 44.9 Å². The minimum atomic E-state index is -0.479. The first kappa shape index (κ1) is 11.3. The van der Waals surface area contributed by atoms with Crippen molar-refractivity contribution in [2.45, 2.75) is 25.4 Å². The van der Waals surface area contributed by atoms with Crippen LogP contribution in [0.15, 0.2) is 17.1 Å². The summed E-state index contributed by atoms with van der Waals surface area (Å²) in [5.74, 6) is 0.616. The van der Waals surface area contributed by atoms with Crippen molar-refractivity contribution in [1.82, 2.24) is 9.97 Å². The predicted octanol–water partition coefficient (Wildman–Crippen LogP) is 0.812. The summed E-state index contributed by atoms with van der Waals surface area (Å²) in [7, 11) is 0. The molecule has 0 atom stereocenters. The Balaban J connectivity index is 2.34. The van der Waals surface area contributed by atoms with Crippen molar-refractivity contribution in [3.8, 4) is 0 Å². The van der Waals surface area contributed by atoms with Crippen LogP contribution in [0.25, 0.3) is 0 Å². The number of aromatic amines is 1. The Labute approximate surface area is 93.8 Å². The van der Waals surface area contributed by atoms with Gasteiger partial charge in [0.05, 0.1) is 0 Å². The average molecular weight is 224 g/mol. The van der Waals surface area contributed by atoms with E-state index >= 15 is 0 Å². The molecule has 0 saturated carbocycles. The molecule has 5 heteroatoms. The lowest BCUT2D eigenvalue weighted by molar-refractivity contribution is -0.118. The van der Waals surface area contributed by atoms with Gasteiger partial charge in [0.2, 0.25) is 0 Å². The van der Waals surface area contributed by atoms with E-state index in [-0.39, 0.29) is 5.56 Å². The van der Waals surface area contributed by atoms with E-state index in [1.807, 2.05) is 6.92 Å². The first-order valence-electron chi connectivity index (χ1n) is 5.54. The van der Waals surface area contributed by atoms with E-state index in [2.05, 4.69) is 9.97 Å². The quantitative estimate of drug-likeness (QED) is 0.825. The minimum absolute atomic E-state index is 0.143.